The van der Waals surface area contributed by atoms with Crippen molar-refractivity contribution in [2.24, 2.45) is 0 Å². The molecule has 0 saturated heterocycles. The molecule has 4 nitrogen and oxygen atoms in total. The third kappa shape index (κ3) is 2.42. The van der Waals surface area contributed by atoms with E-state index >= 15 is 0 Å². The molecule has 0 unspecified atom stereocenters. The zero-order valence-electron chi connectivity index (χ0n) is 9.63. The lowest BCUT2D eigenvalue weighted by atomic mass is 10.2. The highest BCUT2D eigenvalue weighted by Gasteiger charge is 2.12. The summed E-state index contributed by atoms with van der Waals surface area (Å²) < 4.78 is 0. The largest absolute Gasteiger partial charge is 0.395 e. The lowest BCUT2D eigenvalue weighted by Gasteiger charge is -2.15. The van der Waals surface area contributed by atoms with E-state index in [4.69, 9.17) is 5.11 Å². The molecule has 0 fully saturated rings. The number of amides is 1. The molecule has 0 radical (unpaired) electrons. The molecule has 0 aliphatic rings. The maximum Gasteiger partial charge on any atom is 0.272 e. The van der Waals surface area contributed by atoms with Gasteiger partial charge in [-0.15, -0.1) is 0 Å². The molecule has 88 valence electrons. The van der Waals surface area contributed by atoms with Crippen LogP contribution >= 0.6 is 0 Å². The van der Waals surface area contributed by atoms with Crippen molar-refractivity contribution in [3.8, 4) is 0 Å². The Morgan fingerprint density at radius 2 is 2.06 bits per heavy atom. The van der Waals surface area contributed by atoms with Gasteiger partial charge in [0.2, 0.25) is 0 Å². The number of rotatable bonds is 3. The minimum absolute atomic E-state index is 0.0458. The van der Waals surface area contributed by atoms with E-state index in [-0.39, 0.29) is 12.5 Å². The number of nitrogens with zero attached hydrogens (tertiary/aromatic N) is 2. The van der Waals surface area contributed by atoms with Crippen LogP contribution in [0.3, 0.4) is 0 Å². The molecule has 2 rings (SSSR count). The molecule has 1 aromatic heterocycles. The van der Waals surface area contributed by atoms with E-state index in [1.807, 2.05) is 30.3 Å². The van der Waals surface area contributed by atoms with E-state index in [2.05, 4.69) is 4.98 Å². The number of aromatic nitrogens is 1. The Hall–Kier alpha value is -1.94. The van der Waals surface area contributed by atoms with E-state index in [0.717, 1.165) is 10.9 Å². The zero-order chi connectivity index (χ0) is 12.3. The van der Waals surface area contributed by atoms with Gasteiger partial charge in [-0.05, 0) is 12.1 Å². The smallest absolute Gasteiger partial charge is 0.272 e. The molecule has 1 N–H and O–H groups in total. The first-order chi connectivity index (χ1) is 8.22. The molecule has 1 heterocycles. The number of aliphatic hydroxyl groups is 1. The average Bonchev–Trinajstić information content (AvgIpc) is 2.37. The predicted octanol–water partition coefficient (Wildman–Crippen LogP) is 1.30. The number of aliphatic hydroxyl groups excluding tert-OH is 1. The molecule has 1 aromatic carbocycles. The first-order valence-electron chi connectivity index (χ1n) is 5.44. The van der Waals surface area contributed by atoms with Crippen LogP contribution in [0.15, 0.2) is 36.4 Å². The van der Waals surface area contributed by atoms with Crippen LogP contribution < -0.4 is 0 Å². The van der Waals surface area contributed by atoms with Gasteiger partial charge in [0.15, 0.2) is 0 Å². The molecular formula is C13H14N2O2. The molecule has 17 heavy (non-hydrogen) atoms. The molecule has 0 aliphatic carbocycles. The Morgan fingerprint density at radius 1 is 1.29 bits per heavy atom. The van der Waals surface area contributed by atoms with E-state index in [1.165, 1.54) is 4.90 Å². The van der Waals surface area contributed by atoms with Gasteiger partial charge in [-0.3, -0.25) is 4.79 Å². The highest BCUT2D eigenvalue weighted by Crippen LogP contribution is 2.12. The molecule has 0 saturated carbocycles. The fourth-order valence-electron chi connectivity index (χ4n) is 1.63. The van der Waals surface area contributed by atoms with Crippen molar-refractivity contribution in [2.75, 3.05) is 20.2 Å². The Balaban J connectivity index is 2.33. The topological polar surface area (TPSA) is 53.4 Å². The third-order valence-corrected chi connectivity index (χ3v) is 2.60. The summed E-state index contributed by atoms with van der Waals surface area (Å²) in [7, 11) is 1.65. The van der Waals surface area contributed by atoms with Gasteiger partial charge in [-0.25, -0.2) is 4.98 Å². The van der Waals surface area contributed by atoms with Crippen LogP contribution in [-0.4, -0.2) is 41.1 Å². The van der Waals surface area contributed by atoms with Crippen LogP contribution in [0.4, 0.5) is 0 Å². The minimum Gasteiger partial charge on any atom is -0.395 e. The number of para-hydroxylation sites is 1. The van der Waals surface area contributed by atoms with E-state index in [1.54, 1.807) is 13.1 Å². The lowest BCUT2D eigenvalue weighted by molar-refractivity contribution is 0.0761. The van der Waals surface area contributed by atoms with Gasteiger partial charge < -0.3 is 10.0 Å². The van der Waals surface area contributed by atoms with Gasteiger partial charge in [0.05, 0.1) is 12.1 Å². The van der Waals surface area contributed by atoms with Gasteiger partial charge in [0.25, 0.3) is 5.91 Å². The fourth-order valence-corrected chi connectivity index (χ4v) is 1.63. The summed E-state index contributed by atoms with van der Waals surface area (Å²) in [5.41, 5.74) is 1.20. The molecule has 0 spiro atoms. The standard InChI is InChI=1S/C13H14N2O2/c1-15(8-9-16)13(17)12-7-6-10-4-2-3-5-11(10)14-12/h2-7,16H,8-9H2,1H3. The number of fused-ring (bicyclic) bond motifs is 1. The first-order valence-corrected chi connectivity index (χ1v) is 5.44. The van der Waals surface area contributed by atoms with Crippen LogP contribution in [0.25, 0.3) is 10.9 Å². The van der Waals surface area contributed by atoms with Crippen molar-refractivity contribution in [3.63, 3.8) is 0 Å². The van der Waals surface area contributed by atoms with E-state index < -0.39 is 0 Å². The second-order valence-electron chi connectivity index (χ2n) is 3.84. The molecule has 4 heteroatoms. The summed E-state index contributed by atoms with van der Waals surface area (Å²) >= 11 is 0. The highest BCUT2D eigenvalue weighted by molar-refractivity contribution is 5.94. The van der Waals surface area contributed by atoms with Crippen LogP contribution in [0.1, 0.15) is 10.5 Å². The number of benzene rings is 1. The van der Waals surface area contributed by atoms with Crippen molar-refractivity contribution in [1.29, 1.82) is 0 Å². The first kappa shape index (κ1) is 11.5. The maximum atomic E-state index is 11.9. The second kappa shape index (κ2) is 4.93. The van der Waals surface area contributed by atoms with Gasteiger partial charge in [-0.1, -0.05) is 24.3 Å². The third-order valence-electron chi connectivity index (χ3n) is 2.60. The normalized spacial score (nSPS) is 10.5. The van der Waals surface area contributed by atoms with Crippen molar-refractivity contribution >= 4 is 16.8 Å². The number of carbonyl (C=O) groups excluding carboxylic acids is 1. The molecule has 0 atom stereocenters. The van der Waals surface area contributed by atoms with Crippen molar-refractivity contribution < 1.29 is 9.90 Å². The van der Waals surface area contributed by atoms with Crippen LogP contribution in [0.2, 0.25) is 0 Å². The van der Waals surface area contributed by atoms with E-state index in [0.29, 0.717) is 12.2 Å². The number of hydrogen-bond donors (Lipinski definition) is 1. The Labute approximate surface area is 99.5 Å². The van der Waals surface area contributed by atoms with Crippen LogP contribution in [-0.2, 0) is 0 Å². The lowest BCUT2D eigenvalue weighted by Crippen LogP contribution is -2.30. The number of carbonyl (C=O) groups is 1. The molecular weight excluding hydrogens is 216 g/mol. The Morgan fingerprint density at radius 3 is 2.82 bits per heavy atom. The molecule has 2 aromatic rings. The van der Waals surface area contributed by atoms with Gasteiger partial charge in [0, 0.05) is 19.0 Å². The molecule has 1 amide bonds. The van der Waals surface area contributed by atoms with Gasteiger partial charge in [-0.2, -0.15) is 0 Å². The summed E-state index contributed by atoms with van der Waals surface area (Å²) in [4.78, 5) is 17.7. The highest BCUT2D eigenvalue weighted by atomic mass is 16.3. The van der Waals surface area contributed by atoms with Gasteiger partial charge >= 0.3 is 0 Å². The van der Waals surface area contributed by atoms with Gasteiger partial charge in [0.1, 0.15) is 5.69 Å². The Kier molecular flexibility index (Phi) is 3.35. The summed E-state index contributed by atoms with van der Waals surface area (Å²) in [5.74, 6) is -0.176. The Bertz CT molecular complexity index is 540. The fraction of sp³-hybridized carbons (Fsp3) is 0.231. The van der Waals surface area contributed by atoms with Crippen LogP contribution in [0, 0.1) is 0 Å². The summed E-state index contributed by atoms with van der Waals surface area (Å²) in [6.07, 6.45) is 0. The van der Waals surface area contributed by atoms with Crippen LogP contribution in [0.5, 0.6) is 0 Å². The molecule has 0 bridgehead atoms. The number of pyridine rings is 1. The zero-order valence-corrected chi connectivity index (χ0v) is 9.63. The SMILES string of the molecule is CN(CCO)C(=O)c1ccc2ccccc2n1. The number of likely N-dealkylation sites (N-methyl/N-ethyl adjacent to an activating group) is 1. The monoisotopic (exact) mass is 230 g/mol. The number of hydrogen-bond acceptors (Lipinski definition) is 3. The maximum absolute atomic E-state index is 11.9. The minimum atomic E-state index is -0.176. The predicted molar refractivity (Wildman–Crippen MR) is 65.8 cm³/mol. The molecule has 0 aliphatic heterocycles. The summed E-state index contributed by atoms with van der Waals surface area (Å²) in [5, 5.41) is 9.80. The van der Waals surface area contributed by atoms with Crippen molar-refractivity contribution in [1.82, 2.24) is 9.88 Å². The van der Waals surface area contributed by atoms with Crippen molar-refractivity contribution in [2.45, 2.75) is 0 Å². The van der Waals surface area contributed by atoms with E-state index in [9.17, 15) is 4.79 Å². The summed E-state index contributed by atoms with van der Waals surface area (Å²) in [6.45, 7) is 0.267. The van der Waals surface area contributed by atoms with Crippen molar-refractivity contribution in [3.05, 3.63) is 42.1 Å². The quantitative estimate of drug-likeness (QED) is 0.864. The second-order valence-corrected chi connectivity index (χ2v) is 3.84. The average molecular weight is 230 g/mol. The summed E-state index contributed by atoms with van der Waals surface area (Å²) in [6, 6.07) is 11.2.